The maximum atomic E-state index is 4.98. The van der Waals surface area contributed by atoms with Gasteiger partial charge in [-0.2, -0.15) is 0 Å². The second kappa shape index (κ2) is 17.0. The molecule has 0 unspecified atom stereocenters. The Kier molecular flexibility index (Phi) is 10.5. The summed E-state index contributed by atoms with van der Waals surface area (Å²) in [6.07, 6.45) is 11.2. The van der Waals surface area contributed by atoms with Crippen LogP contribution in [0.3, 0.4) is 0 Å². The van der Waals surface area contributed by atoms with Gasteiger partial charge in [-0.1, -0.05) is 162 Å². The highest BCUT2D eigenvalue weighted by Gasteiger charge is 2.18. The van der Waals surface area contributed by atoms with Crippen LogP contribution in [0.1, 0.15) is 16.7 Å². The molecule has 0 N–H and O–H groups in total. The van der Waals surface area contributed by atoms with Gasteiger partial charge in [0.05, 0.1) is 71.3 Å². The molecule has 0 aliphatic carbocycles. The van der Waals surface area contributed by atoms with Gasteiger partial charge in [-0.15, -0.1) is 0 Å². The van der Waals surface area contributed by atoms with Crippen LogP contribution in [0.25, 0.3) is 101 Å². The van der Waals surface area contributed by atoms with Crippen LogP contribution in [-0.4, -0.2) is 29.9 Å². The Balaban J connectivity index is 1.10. The number of nitrogens with zero attached hydrogens (tertiary/aromatic N) is 6. The van der Waals surface area contributed by atoms with E-state index < -0.39 is 0 Å². The highest BCUT2D eigenvalue weighted by atomic mass is 14.8. The van der Waals surface area contributed by atoms with Crippen molar-refractivity contribution in [2.75, 3.05) is 0 Å². The molecule has 0 spiro atoms. The molecule has 6 heteroatoms. The SMILES string of the molecule is Cc1ccc(-c2cnc(-c3ccccc3-c3cc(-c4ccccc4-c4cnc(-c5ccc(C)cc5)cn4)cc(-c4ccccc4-c4cnc(-c5ccc(C)cc5)cn4)c3)cn2)cc1. The Morgan fingerprint density at radius 2 is 0.444 bits per heavy atom. The summed E-state index contributed by atoms with van der Waals surface area (Å²) in [6.45, 7) is 6.26. The summed E-state index contributed by atoms with van der Waals surface area (Å²) in [7, 11) is 0. The maximum absolute atomic E-state index is 4.98. The van der Waals surface area contributed by atoms with Gasteiger partial charge in [0.25, 0.3) is 0 Å². The quantitative estimate of drug-likeness (QED) is 0.144. The molecule has 0 atom stereocenters. The molecule has 0 aliphatic rings. The molecule has 0 fully saturated rings. The van der Waals surface area contributed by atoms with E-state index >= 15 is 0 Å². The first kappa shape index (κ1) is 38.9. The van der Waals surface area contributed by atoms with Gasteiger partial charge >= 0.3 is 0 Å². The van der Waals surface area contributed by atoms with Crippen molar-refractivity contribution in [3.8, 4) is 101 Å². The topological polar surface area (TPSA) is 77.3 Å². The number of aromatic nitrogens is 6. The molecule has 0 saturated carbocycles. The number of benzene rings is 7. The summed E-state index contributed by atoms with van der Waals surface area (Å²) < 4.78 is 0. The molecule has 0 aliphatic heterocycles. The highest BCUT2D eigenvalue weighted by Crippen LogP contribution is 2.41. The molecule has 63 heavy (non-hydrogen) atoms. The monoisotopic (exact) mass is 810 g/mol. The van der Waals surface area contributed by atoms with Crippen LogP contribution in [0, 0.1) is 20.8 Å². The molecule has 7 aromatic carbocycles. The van der Waals surface area contributed by atoms with Crippen molar-refractivity contribution in [1.82, 2.24) is 29.9 Å². The zero-order valence-electron chi connectivity index (χ0n) is 35.2. The molecular formula is C57H42N6. The summed E-state index contributed by atoms with van der Waals surface area (Å²) in [5.74, 6) is 0. The third-order valence-electron chi connectivity index (χ3n) is 11.5. The first-order valence-corrected chi connectivity index (χ1v) is 21.1. The van der Waals surface area contributed by atoms with Gasteiger partial charge in [-0.25, -0.2) is 0 Å². The fraction of sp³-hybridized carbons (Fsp3) is 0.0526. The van der Waals surface area contributed by atoms with Crippen LogP contribution in [0.15, 0.2) is 201 Å². The van der Waals surface area contributed by atoms with Gasteiger partial charge in [-0.05, 0) is 72.4 Å². The van der Waals surface area contributed by atoms with Crippen molar-refractivity contribution in [3.05, 3.63) is 218 Å². The lowest BCUT2D eigenvalue weighted by Gasteiger charge is -2.17. The molecule has 0 radical (unpaired) electrons. The normalized spacial score (nSPS) is 11.1. The number of hydrogen-bond acceptors (Lipinski definition) is 6. The highest BCUT2D eigenvalue weighted by molar-refractivity contribution is 5.93. The predicted octanol–water partition coefficient (Wildman–Crippen LogP) is 14.0. The second-order valence-electron chi connectivity index (χ2n) is 15.9. The minimum atomic E-state index is 0.794. The van der Waals surface area contributed by atoms with Crippen molar-refractivity contribution in [2.24, 2.45) is 0 Å². The summed E-state index contributed by atoms with van der Waals surface area (Å²) in [6, 6.07) is 57.2. The van der Waals surface area contributed by atoms with E-state index in [1.54, 1.807) is 0 Å². The molecule has 3 aromatic heterocycles. The van der Waals surface area contributed by atoms with E-state index in [2.05, 4.69) is 185 Å². The van der Waals surface area contributed by atoms with E-state index in [-0.39, 0.29) is 0 Å². The van der Waals surface area contributed by atoms with Crippen LogP contribution in [-0.2, 0) is 0 Å². The average molecular weight is 811 g/mol. The van der Waals surface area contributed by atoms with Gasteiger partial charge in [0, 0.05) is 33.4 Å². The van der Waals surface area contributed by atoms with Crippen molar-refractivity contribution in [3.63, 3.8) is 0 Å². The minimum Gasteiger partial charge on any atom is -0.252 e. The van der Waals surface area contributed by atoms with Crippen LogP contribution >= 0.6 is 0 Å². The number of aryl methyl sites for hydroxylation is 3. The summed E-state index contributed by atoms with van der Waals surface area (Å²) in [4.78, 5) is 29.6. The Morgan fingerprint density at radius 1 is 0.222 bits per heavy atom. The summed E-state index contributed by atoms with van der Waals surface area (Å²) >= 11 is 0. The predicted molar refractivity (Wildman–Crippen MR) is 256 cm³/mol. The fourth-order valence-electron chi connectivity index (χ4n) is 7.99. The largest absolute Gasteiger partial charge is 0.252 e. The van der Waals surface area contributed by atoms with E-state index in [0.717, 1.165) is 101 Å². The molecule has 0 amide bonds. The molecule has 10 rings (SSSR count). The lowest BCUT2D eigenvalue weighted by molar-refractivity contribution is 1.21. The Hall–Kier alpha value is -8.22. The van der Waals surface area contributed by atoms with E-state index in [4.69, 9.17) is 29.9 Å². The molecule has 6 nitrogen and oxygen atoms in total. The van der Waals surface area contributed by atoms with E-state index in [1.807, 2.05) is 37.2 Å². The smallest absolute Gasteiger partial charge is 0.0891 e. The Morgan fingerprint density at radius 3 is 0.683 bits per heavy atom. The van der Waals surface area contributed by atoms with Gasteiger partial charge in [0.15, 0.2) is 0 Å². The van der Waals surface area contributed by atoms with Crippen LogP contribution < -0.4 is 0 Å². The standard InChI is InChI=1S/C57H42N6/c1-37-16-22-40(23-17-37)52-31-61-55(34-58-52)49-13-7-4-10-46(49)43-28-44(47-11-5-8-14-50(47)56-35-59-53(32-62-56)41-24-18-38(2)19-25-41)30-45(29-43)48-12-6-9-15-51(48)57-36-60-54(33-63-57)42-26-20-39(3)21-27-42/h4-36H,1-3H3. The minimum absolute atomic E-state index is 0.794. The van der Waals surface area contributed by atoms with Gasteiger partial charge in [0.1, 0.15) is 0 Å². The van der Waals surface area contributed by atoms with E-state index in [9.17, 15) is 0 Å². The lowest BCUT2D eigenvalue weighted by Crippen LogP contribution is -1.95. The fourth-order valence-corrected chi connectivity index (χ4v) is 7.99. The number of hydrogen-bond donors (Lipinski definition) is 0. The van der Waals surface area contributed by atoms with Crippen molar-refractivity contribution >= 4 is 0 Å². The van der Waals surface area contributed by atoms with Crippen molar-refractivity contribution in [1.29, 1.82) is 0 Å². The van der Waals surface area contributed by atoms with Gasteiger partial charge in [0.2, 0.25) is 0 Å². The maximum Gasteiger partial charge on any atom is 0.0891 e. The molecule has 0 bridgehead atoms. The molecule has 3 heterocycles. The second-order valence-corrected chi connectivity index (χ2v) is 15.9. The third-order valence-corrected chi connectivity index (χ3v) is 11.5. The first-order chi connectivity index (χ1) is 30.9. The summed E-state index contributed by atoms with van der Waals surface area (Å²) in [5, 5.41) is 0. The van der Waals surface area contributed by atoms with Crippen LogP contribution in [0.2, 0.25) is 0 Å². The summed E-state index contributed by atoms with van der Waals surface area (Å²) in [5.41, 5.74) is 20.8. The number of rotatable bonds is 9. The lowest BCUT2D eigenvalue weighted by atomic mass is 9.88. The molecular weight excluding hydrogens is 769 g/mol. The average Bonchev–Trinajstić information content (AvgIpc) is 3.35. The Labute approximate surface area is 367 Å². The zero-order chi connectivity index (χ0) is 42.7. The van der Waals surface area contributed by atoms with Crippen LogP contribution in [0.4, 0.5) is 0 Å². The third kappa shape index (κ3) is 8.18. The van der Waals surface area contributed by atoms with E-state index in [1.165, 1.54) is 16.7 Å². The van der Waals surface area contributed by atoms with Crippen molar-refractivity contribution < 1.29 is 0 Å². The van der Waals surface area contributed by atoms with Crippen molar-refractivity contribution in [2.45, 2.75) is 20.8 Å². The van der Waals surface area contributed by atoms with E-state index in [0.29, 0.717) is 0 Å². The zero-order valence-corrected chi connectivity index (χ0v) is 35.2. The molecule has 10 aromatic rings. The first-order valence-electron chi connectivity index (χ1n) is 21.1. The van der Waals surface area contributed by atoms with Gasteiger partial charge < -0.3 is 0 Å². The van der Waals surface area contributed by atoms with Crippen LogP contribution in [0.5, 0.6) is 0 Å². The van der Waals surface area contributed by atoms with Gasteiger partial charge in [-0.3, -0.25) is 29.9 Å². The molecule has 300 valence electrons. The molecule has 0 saturated heterocycles. The Bertz CT molecular complexity index is 2830.